The highest BCUT2D eigenvalue weighted by molar-refractivity contribution is 6.30. The minimum atomic E-state index is -0.397. The summed E-state index contributed by atoms with van der Waals surface area (Å²) in [6, 6.07) is 12.5. The van der Waals surface area contributed by atoms with Gasteiger partial charge in [0.15, 0.2) is 23.4 Å². The molecule has 7 rings (SSSR count). The smallest absolute Gasteiger partial charge is 0.174 e. The number of benzene rings is 2. The van der Waals surface area contributed by atoms with Gasteiger partial charge in [-0.15, -0.1) is 0 Å². The van der Waals surface area contributed by atoms with Crippen molar-refractivity contribution in [3.63, 3.8) is 0 Å². The third-order valence-corrected chi connectivity index (χ3v) is 8.72. The van der Waals surface area contributed by atoms with E-state index in [0.29, 0.717) is 24.1 Å². The van der Waals surface area contributed by atoms with Crippen molar-refractivity contribution in [3.05, 3.63) is 58.1 Å². The van der Waals surface area contributed by atoms with E-state index >= 15 is 0 Å². The van der Waals surface area contributed by atoms with Crippen LogP contribution in [0.1, 0.15) is 36.0 Å². The van der Waals surface area contributed by atoms with Crippen LogP contribution in [0.2, 0.25) is 5.02 Å². The molecule has 4 nitrogen and oxygen atoms in total. The second kappa shape index (κ2) is 5.16. The van der Waals surface area contributed by atoms with Gasteiger partial charge in [-0.2, -0.15) is 0 Å². The molecule has 0 aromatic heterocycles. The largest absolute Gasteiger partial charge is 0.504 e. The summed E-state index contributed by atoms with van der Waals surface area (Å²) in [5.74, 6) is 1.44. The molecule has 0 amide bonds. The topological polar surface area (TPSA) is 49.5 Å². The summed E-state index contributed by atoms with van der Waals surface area (Å²) in [5, 5.41) is 11.2. The Balaban J connectivity index is 1.27. The van der Waals surface area contributed by atoms with Crippen LogP contribution in [0, 0.1) is 5.92 Å². The number of phenolic OH excluding ortho intramolecular Hbond substituents is 1. The van der Waals surface area contributed by atoms with Crippen LogP contribution in [0.15, 0.2) is 36.4 Å². The predicted octanol–water partition coefficient (Wildman–Crippen LogP) is 3.65. The highest BCUT2D eigenvalue weighted by Gasteiger charge is 2.82. The average molecular weight is 408 g/mol. The van der Waals surface area contributed by atoms with E-state index in [0.717, 1.165) is 42.8 Å². The maximum Gasteiger partial charge on any atom is 0.174 e. The van der Waals surface area contributed by atoms with E-state index in [2.05, 4.69) is 23.1 Å². The van der Waals surface area contributed by atoms with Gasteiger partial charge in [0.1, 0.15) is 0 Å². The zero-order valence-corrected chi connectivity index (χ0v) is 16.8. The summed E-state index contributed by atoms with van der Waals surface area (Å²) >= 11 is 6.03. The summed E-state index contributed by atoms with van der Waals surface area (Å²) in [7, 11) is 0. The Kier molecular flexibility index (Phi) is 2.98. The van der Waals surface area contributed by atoms with Crippen molar-refractivity contribution in [2.75, 3.05) is 6.54 Å². The summed E-state index contributed by atoms with van der Waals surface area (Å²) in [5.41, 5.74) is 3.71. The fourth-order valence-corrected chi connectivity index (χ4v) is 7.67. The zero-order valence-electron chi connectivity index (χ0n) is 16.0. The van der Waals surface area contributed by atoms with E-state index in [-0.39, 0.29) is 22.5 Å². The van der Waals surface area contributed by atoms with Crippen LogP contribution in [0.3, 0.4) is 0 Å². The van der Waals surface area contributed by atoms with Gasteiger partial charge in [-0.25, -0.2) is 0 Å². The number of piperidine rings is 1. The van der Waals surface area contributed by atoms with Crippen LogP contribution >= 0.6 is 11.6 Å². The number of carbonyl (C=O) groups excluding carboxylic acids is 1. The van der Waals surface area contributed by atoms with E-state index < -0.39 is 6.10 Å². The van der Waals surface area contributed by atoms with Gasteiger partial charge < -0.3 is 9.84 Å². The number of halogens is 1. The monoisotopic (exact) mass is 407 g/mol. The Morgan fingerprint density at radius 2 is 2.03 bits per heavy atom. The Morgan fingerprint density at radius 1 is 1.21 bits per heavy atom. The van der Waals surface area contributed by atoms with Gasteiger partial charge in [0.2, 0.25) is 0 Å². The molecule has 2 aromatic rings. The van der Waals surface area contributed by atoms with Crippen molar-refractivity contribution in [1.29, 1.82) is 0 Å². The summed E-state index contributed by atoms with van der Waals surface area (Å²) in [6.07, 6.45) is 4.16. The predicted molar refractivity (Wildman–Crippen MR) is 109 cm³/mol. The van der Waals surface area contributed by atoms with Crippen LogP contribution in [0.4, 0.5) is 0 Å². The van der Waals surface area contributed by atoms with Crippen molar-refractivity contribution in [2.45, 2.75) is 55.2 Å². The third-order valence-electron chi connectivity index (χ3n) is 8.47. The first-order chi connectivity index (χ1) is 14.0. The van der Waals surface area contributed by atoms with Gasteiger partial charge in [-0.05, 0) is 60.9 Å². The number of nitrogens with zero attached hydrogens (tertiary/aromatic N) is 1. The number of phenols is 1. The molecule has 3 aliphatic carbocycles. The summed E-state index contributed by atoms with van der Waals surface area (Å²) in [4.78, 5) is 15.5. The van der Waals surface area contributed by atoms with Crippen molar-refractivity contribution < 1.29 is 14.6 Å². The molecule has 0 radical (unpaired) electrons. The highest BCUT2D eigenvalue weighted by Crippen LogP contribution is 2.75. The zero-order chi connectivity index (χ0) is 19.5. The number of likely N-dealkylation sites (tertiary alicyclic amines) is 1. The van der Waals surface area contributed by atoms with Crippen LogP contribution in [-0.2, 0) is 23.1 Å². The summed E-state index contributed by atoms with van der Waals surface area (Å²) in [6.45, 7) is 1.04. The van der Waals surface area contributed by atoms with Gasteiger partial charge in [0.25, 0.3) is 0 Å². The van der Waals surface area contributed by atoms with Crippen molar-refractivity contribution in [3.8, 4) is 11.5 Å². The number of ketones is 1. The summed E-state index contributed by atoms with van der Waals surface area (Å²) < 4.78 is 6.18. The quantitative estimate of drug-likeness (QED) is 0.789. The van der Waals surface area contributed by atoms with Crippen LogP contribution < -0.4 is 4.74 Å². The molecule has 2 saturated carbocycles. The first kappa shape index (κ1) is 16.7. The highest BCUT2D eigenvalue weighted by atomic mass is 35.5. The molecule has 2 aliphatic heterocycles. The number of rotatable bonds is 3. The first-order valence-electron chi connectivity index (χ1n) is 10.6. The molecule has 4 unspecified atom stereocenters. The van der Waals surface area contributed by atoms with Gasteiger partial charge in [-0.1, -0.05) is 29.8 Å². The lowest BCUT2D eigenvalue weighted by molar-refractivity contribution is -0.133. The number of ether oxygens (including phenoxy) is 1. The molecule has 148 valence electrons. The Morgan fingerprint density at radius 3 is 2.86 bits per heavy atom. The molecule has 5 aliphatic rings. The number of hydrogen-bond donors (Lipinski definition) is 1. The molecular weight excluding hydrogens is 386 g/mol. The van der Waals surface area contributed by atoms with Crippen molar-refractivity contribution >= 4 is 17.4 Å². The Labute approximate surface area is 174 Å². The fraction of sp³-hybridized carbons (Fsp3) is 0.458. The van der Waals surface area contributed by atoms with E-state index in [1.54, 1.807) is 6.07 Å². The minimum absolute atomic E-state index is 0.162. The third kappa shape index (κ3) is 1.84. The Bertz CT molecular complexity index is 1080. The lowest BCUT2D eigenvalue weighted by Crippen LogP contribution is -2.55. The maximum atomic E-state index is 12.8. The van der Waals surface area contributed by atoms with Gasteiger partial charge in [-0.3, -0.25) is 9.69 Å². The average Bonchev–Trinajstić information content (AvgIpc) is 3.02. The number of carbonyl (C=O) groups is 1. The maximum absolute atomic E-state index is 12.8. The number of hydrogen-bond acceptors (Lipinski definition) is 4. The molecular formula is C24H22ClNO3. The second-order valence-corrected chi connectivity index (χ2v) is 10.0. The van der Waals surface area contributed by atoms with Gasteiger partial charge >= 0.3 is 0 Å². The Hall–Kier alpha value is -2.04. The molecule has 3 fully saturated rings. The molecule has 2 aromatic carbocycles. The number of Topliss-reactive ketones (excluding diaryl/α,β-unsaturated/α-hetero) is 1. The van der Waals surface area contributed by atoms with Crippen LogP contribution in [-0.4, -0.2) is 40.0 Å². The van der Waals surface area contributed by atoms with Crippen LogP contribution in [0.5, 0.6) is 11.5 Å². The van der Waals surface area contributed by atoms with Crippen LogP contribution in [0.25, 0.3) is 0 Å². The van der Waals surface area contributed by atoms with E-state index in [1.165, 1.54) is 11.1 Å². The van der Waals surface area contributed by atoms with Crippen molar-refractivity contribution in [1.82, 2.24) is 4.90 Å². The van der Waals surface area contributed by atoms with Gasteiger partial charge in [0, 0.05) is 40.5 Å². The lowest BCUT2D eigenvalue weighted by Gasteiger charge is -2.45. The normalized spacial score (nSPS) is 39.7. The molecule has 5 heteroatoms. The SMILES string of the molecule is O=C1CCC2C3N(CCc4ccc(Cl)cc4)C34Cc3ccc(O)c5c3[C@@]2(C4)[C@H]1O5. The second-order valence-electron chi connectivity index (χ2n) is 9.57. The number of fused-ring (bicyclic) bond motifs is 1. The van der Waals surface area contributed by atoms with E-state index in [9.17, 15) is 9.90 Å². The minimum Gasteiger partial charge on any atom is -0.504 e. The van der Waals surface area contributed by atoms with E-state index in [1.807, 2.05) is 12.1 Å². The molecule has 2 bridgehead atoms. The molecule has 29 heavy (non-hydrogen) atoms. The fourth-order valence-electron chi connectivity index (χ4n) is 7.54. The lowest BCUT2D eigenvalue weighted by atomic mass is 9.59. The molecule has 1 saturated heterocycles. The molecule has 2 heterocycles. The van der Waals surface area contributed by atoms with E-state index in [4.69, 9.17) is 16.3 Å². The number of aromatic hydroxyl groups is 1. The standard InChI is InChI=1S/C24H22ClNO3/c25-15-4-1-13(2-5-15)9-10-26-21-16-6-8-18(28)22-24(16)12-23(21,26)11-14-3-7-17(27)20(29-22)19(14)24/h1-5,7,16,21-22,27H,6,8-12H2/t16?,21?,22-,23?,24-,26?/m0/s1. The van der Waals surface area contributed by atoms with Crippen molar-refractivity contribution in [2.24, 2.45) is 5.92 Å². The first-order valence-corrected chi connectivity index (χ1v) is 11.0. The molecule has 2 spiro atoms. The molecule has 1 N–H and O–H groups in total. The van der Waals surface area contributed by atoms with Gasteiger partial charge in [0.05, 0.1) is 0 Å². The molecule has 6 atom stereocenters.